The number of aryl methyl sites for hydroxylation is 1. The Hall–Kier alpha value is -4.03. The van der Waals surface area contributed by atoms with Crippen molar-refractivity contribution in [2.75, 3.05) is 39.3 Å². The fraction of sp³-hybridized carbons (Fsp3) is 0.500. The molecule has 12 heteroatoms. The van der Waals surface area contributed by atoms with Crippen LogP contribution in [0.25, 0.3) is 32.9 Å². The number of piperidine rings is 1. The molecule has 0 spiro atoms. The van der Waals surface area contributed by atoms with E-state index in [1.165, 1.54) is 12.3 Å². The molecule has 0 radical (unpaired) electrons. The molecule has 2 aromatic carbocycles. The van der Waals surface area contributed by atoms with Gasteiger partial charge in [0, 0.05) is 50.3 Å². The minimum absolute atomic E-state index is 0.0106. The largest absolute Gasteiger partial charge is 0.493 e. The van der Waals surface area contributed by atoms with Crippen molar-refractivity contribution in [3.05, 3.63) is 53.7 Å². The van der Waals surface area contributed by atoms with Crippen molar-refractivity contribution in [1.82, 2.24) is 30.1 Å². The molecular weight excluding hydrogens is 621 g/mol. The molecule has 0 aliphatic carbocycles. The number of ether oxygens (including phenoxy) is 1. The summed E-state index contributed by atoms with van der Waals surface area (Å²) in [6, 6.07) is 8.36. The lowest BCUT2D eigenvalue weighted by Crippen LogP contribution is -2.47. The standard InChI is InChI=1S/C36H39F3N6O3/c37-23-16-36(12-3-14-44(36)19-23)20-48-35-42-33-26(34(47)43-35)17-41-32(31(33)39)25-6-1-4-22-8-9-27(38)24(30(22)25)5-2-7-29(46)45-15-11-21-10-13-40-18-28(21)45/h1,4,6,8-9,17,21,23,28,40H,2-3,5,7,10-16,18-20H2,(H,42,43,47)/t21?,23-,28?,36+/m1/s1. The number of rotatable bonds is 8. The number of hydrogen-bond donors (Lipinski definition) is 2. The summed E-state index contributed by atoms with van der Waals surface area (Å²) in [5.41, 5.74) is 0.0788. The highest BCUT2D eigenvalue weighted by atomic mass is 19.1. The van der Waals surface area contributed by atoms with Crippen LogP contribution in [0.2, 0.25) is 0 Å². The lowest BCUT2D eigenvalue weighted by Gasteiger charge is -2.32. The number of likely N-dealkylation sites (tertiary alicyclic amines) is 1. The lowest BCUT2D eigenvalue weighted by atomic mass is 9.93. The van der Waals surface area contributed by atoms with Gasteiger partial charge in [-0.2, -0.15) is 9.97 Å². The summed E-state index contributed by atoms with van der Waals surface area (Å²) >= 11 is 0. The highest BCUT2D eigenvalue weighted by molar-refractivity contribution is 6.00. The van der Waals surface area contributed by atoms with Crippen LogP contribution in [0.1, 0.15) is 50.5 Å². The molecule has 2 N–H and O–H groups in total. The van der Waals surface area contributed by atoms with Crippen LogP contribution in [0.5, 0.6) is 11.9 Å². The molecule has 0 bridgehead atoms. The molecule has 2 unspecified atom stereocenters. The zero-order chi connectivity index (χ0) is 33.0. The average molecular weight is 661 g/mol. The Morgan fingerprint density at radius 1 is 1.15 bits per heavy atom. The predicted octanol–water partition coefficient (Wildman–Crippen LogP) is 5.32. The zero-order valence-electron chi connectivity index (χ0n) is 26.7. The van der Waals surface area contributed by atoms with E-state index in [1.807, 2.05) is 11.0 Å². The number of nitrogens with one attached hydrogen (secondary N) is 1. The fourth-order valence-corrected chi connectivity index (χ4v) is 8.73. The topological polar surface area (TPSA) is 104 Å². The van der Waals surface area contributed by atoms with Crippen molar-refractivity contribution in [1.29, 1.82) is 0 Å². The minimum atomic E-state index is -0.936. The first-order valence-corrected chi connectivity index (χ1v) is 17.1. The van der Waals surface area contributed by atoms with Gasteiger partial charge in [-0.05, 0) is 79.9 Å². The van der Waals surface area contributed by atoms with Gasteiger partial charge >= 0.3 is 6.01 Å². The Morgan fingerprint density at radius 3 is 2.94 bits per heavy atom. The summed E-state index contributed by atoms with van der Waals surface area (Å²) in [5, 5.41) is 15.3. The van der Waals surface area contributed by atoms with Crippen LogP contribution in [0, 0.1) is 17.6 Å². The number of hydrogen-bond acceptors (Lipinski definition) is 8. The van der Waals surface area contributed by atoms with Gasteiger partial charge < -0.3 is 20.1 Å². The third-order valence-corrected chi connectivity index (χ3v) is 11.1. The molecule has 4 aliphatic rings. The zero-order valence-corrected chi connectivity index (χ0v) is 26.7. The number of amides is 1. The molecule has 4 saturated heterocycles. The van der Waals surface area contributed by atoms with Crippen LogP contribution < -0.4 is 10.1 Å². The van der Waals surface area contributed by atoms with E-state index in [4.69, 9.17) is 4.74 Å². The number of nitrogens with zero attached hydrogens (tertiary/aromatic N) is 5. The number of benzene rings is 2. The third kappa shape index (κ3) is 5.42. The molecular formula is C36H39F3N6O3. The second-order valence-corrected chi connectivity index (χ2v) is 13.9. The summed E-state index contributed by atoms with van der Waals surface area (Å²) in [6.45, 7) is 3.84. The van der Waals surface area contributed by atoms with E-state index in [0.717, 1.165) is 51.9 Å². The molecule has 252 valence electrons. The van der Waals surface area contributed by atoms with Crippen molar-refractivity contribution < 1.29 is 27.8 Å². The maximum absolute atomic E-state index is 16.4. The van der Waals surface area contributed by atoms with Gasteiger partial charge in [0.2, 0.25) is 11.8 Å². The van der Waals surface area contributed by atoms with Crippen LogP contribution in [0.15, 0.2) is 36.5 Å². The monoisotopic (exact) mass is 660 g/mol. The summed E-state index contributed by atoms with van der Waals surface area (Å²) in [4.78, 5) is 30.0. The first kappa shape index (κ1) is 31.3. The number of pyridine rings is 1. The van der Waals surface area contributed by atoms with Crippen molar-refractivity contribution >= 4 is 27.6 Å². The van der Waals surface area contributed by atoms with Gasteiger partial charge in [-0.15, -0.1) is 0 Å². The van der Waals surface area contributed by atoms with E-state index in [9.17, 15) is 14.3 Å². The maximum Gasteiger partial charge on any atom is 0.320 e. The van der Waals surface area contributed by atoms with Crippen LogP contribution in [-0.4, -0.2) is 92.8 Å². The minimum Gasteiger partial charge on any atom is -0.493 e. The van der Waals surface area contributed by atoms with Crippen LogP contribution in [0.3, 0.4) is 0 Å². The highest BCUT2D eigenvalue weighted by Crippen LogP contribution is 2.41. The summed E-state index contributed by atoms with van der Waals surface area (Å²) in [7, 11) is 0. The van der Waals surface area contributed by atoms with Gasteiger partial charge in [-0.3, -0.25) is 14.7 Å². The van der Waals surface area contributed by atoms with Gasteiger partial charge in [0.1, 0.15) is 29.8 Å². The number of carbonyl (C=O) groups excluding carboxylic acids is 1. The van der Waals surface area contributed by atoms with E-state index >= 15 is 8.78 Å². The molecule has 9 nitrogen and oxygen atoms in total. The molecule has 4 aromatic rings. The van der Waals surface area contributed by atoms with Crippen molar-refractivity contribution in [3.8, 4) is 23.1 Å². The number of aromatic hydroxyl groups is 1. The molecule has 0 saturated carbocycles. The Morgan fingerprint density at radius 2 is 2.04 bits per heavy atom. The summed E-state index contributed by atoms with van der Waals surface area (Å²) < 4.78 is 52.1. The molecule has 6 heterocycles. The molecule has 48 heavy (non-hydrogen) atoms. The SMILES string of the molecule is O=C(CCCc1c(F)ccc2cccc(-c3ncc4c(O)nc(OC[C@@]56CCCN5C[C@H](F)C6)nc4c3F)c12)N1CCC2CCNCC21. The van der Waals surface area contributed by atoms with E-state index in [-0.39, 0.29) is 41.2 Å². The first-order chi connectivity index (χ1) is 23.3. The second kappa shape index (κ2) is 12.5. The Labute approximate surface area is 276 Å². The Kier molecular flexibility index (Phi) is 8.11. The second-order valence-electron chi connectivity index (χ2n) is 13.9. The lowest BCUT2D eigenvalue weighted by molar-refractivity contribution is -0.132. The average Bonchev–Trinajstić information content (AvgIpc) is 3.77. The molecule has 8 rings (SSSR count). The van der Waals surface area contributed by atoms with Crippen molar-refractivity contribution in [3.63, 3.8) is 0 Å². The Balaban J connectivity index is 1.08. The molecule has 4 fully saturated rings. The maximum atomic E-state index is 16.4. The number of alkyl halides is 1. The van der Waals surface area contributed by atoms with E-state index in [1.54, 1.807) is 18.2 Å². The molecule has 1 amide bonds. The van der Waals surface area contributed by atoms with E-state index < -0.39 is 29.2 Å². The van der Waals surface area contributed by atoms with Gasteiger partial charge in [-0.25, -0.2) is 13.2 Å². The molecule has 4 atom stereocenters. The van der Waals surface area contributed by atoms with Crippen LogP contribution >= 0.6 is 0 Å². The number of halogens is 3. The van der Waals surface area contributed by atoms with Crippen LogP contribution in [-0.2, 0) is 11.2 Å². The molecule has 2 aromatic heterocycles. The summed E-state index contributed by atoms with van der Waals surface area (Å²) in [6.07, 6.45) is 5.57. The van der Waals surface area contributed by atoms with Gasteiger partial charge in [0.25, 0.3) is 0 Å². The van der Waals surface area contributed by atoms with Crippen molar-refractivity contribution in [2.24, 2.45) is 5.92 Å². The van der Waals surface area contributed by atoms with E-state index in [0.29, 0.717) is 60.0 Å². The van der Waals surface area contributed by atoms with Gasteiger partial charge in [0.15, 0.2) is 5.82 Å². The highest BCUT2D eigenvalue weighted by Gasteiger charge is 2.49. The summed E-state index contributed by atoms with van der Waals surface area (Å²) in [5.74, 6) is -1.08. The van der Waals surface area contributed by atoms with E-state index in [2.05, 4.69) is 25.2 Å². The van der Waals surface area contributed by atoms with Crippen molar-refractivity contribution in [2.45, 2.75) is 69.1 Å². The third-order valence-electron chi connectivity index (χ3n) is 11.1. The van der Waals surface area contributed by atoms with Gasteiger partial charge in [0.05, 0.1) is 10.9 Å². The first-order valence-electron chi connectivity index (χ1n) is 17.1. The predicted molar refractivity (Wildman–Crippen MR) is 174 cm³/mol. The number of carbonyl (C=O) groups is 1. The Bertz CT molecular complexity index is 1890. The quantitative estimate of drug-likeness (QED) is 0.262. The van der Waals surface area contributed by atoms with Gasteiger partial charge in [-0.1, -0.05) is 24.3 Å². The number of fused-ring (bicyclic) bond motifs is 4. The smallest absolute Gasteiger partial charge is 0.320 e. The molecule has 4 aliphatic heterocycles. The number of aromatic nitrogens is 3. The normalized spacial score (nSPS) is 25.6. The fourth-order valence-electron chi connectivity index (χ4n) is 8.73. The van der Waals surface area contributed by atoms with Crippen LogP contribution in [0.4, 0.5) is 13.2 Å².